The summed E-state index contributed by atoms with van der Waals surface area (Å²) < 4.78 is 1.74. The van der Waals surface area contributed by atoms with Crippen molar-refractivity contribution in [3.05, 3.63) is 66.0 Å². The predicted molar refractivity (Wildman–Crippen MR) is 110 cm³/mol. The maximum Gasteiger partial charge on any atom is 0.339 e. The molecular formula is C22H26N4O2. The fourth-order valence-corrected chi connectivity index (χ4v) is 4.28. The number of anilines is 1. The van der Waals surface area contributed by atoms with Gasteiger partial charge < -0.3 is 10.0 Å². The van der Waals surface area contributed by atoms with Crippen LogP contribution in [0, 0.1) is 5.92 Å². The molecule has 0 radical (unpaired) electrons. The summed E-state index contributed by atoms with van der Waals surface area (Å²) in [6, 6.07) is 14.6. The summed E-state index contributed by atoms with van der Waals surface area (Å²) in [4.78, 5) is 16.5. The molecule has 2 aromatic heterocycles. The minimum absolute atomic E-state index is 0.233. The number of benzene rings is 1. The van der Waals surface area contributed by atoms with Crippen LogP contribution in [0.25, 0.3) is 5.52 Å². The molecule has 1 aliphatic heterocycles. The molecular weight excluding hydrogens is 352 g/mol. The second-order valence-corrected chi connectivity index (χ2v) is 7.71. The molecule has 3 aromatic rings. The van der Waals surface area contributed by atoms with Crippen molar-refractivity contribution in [3.63, 3.8) is 0 Å². The summed E-state index contributed by atoms with van der Waals surface area (Å²) in [6.45, 7) is 5.14. The summed E-state index contributed by atoms with van der Waals surface area (Å²) in [5, 5.41) is 14.0. The van der Waals surface area contributed by atoms with Gasteiger partial charge in [0, 0.05) is 32.4 Å². The highest BCUT2D eigenvalue weighted by Crippen LogP contribution is 2.32. The lowest BCUT2D eigenvalue weighted by Gasteiger charge is -2.43. The number of hydrogen-bond acceptors (Lipinski definition) is 4. The lowest BCUT2D eigenvalue weighted by atomic mass is 9.91. The van der Waals surface area contributed by atoms with Crippen LogP contribution in [-0.2, 0) is 6.54 Å². The van der Waals surface area contributed by atoms with Gasteiger partial charge in [-0.25, -0.2) is 9.31 Å². The number of nitrogens with zero attached hydrogens (tertiary/aromatic N) is 4. The van der Waals surface area contributed by atoms with E-state index in [1.807, 2.05) is 31.4 Å². The monoisotopic (exact) mass is 378 g/mol. The molecule has 1 aromatic carbocycles. The van der Waals surface area contributed by atoms with Crippen molar-refractivity contribution in [2.45, 2.75) is 25.9 Å². The first-order valence-electron chi connectivity index (χ1n) is 9.73. The number of piperidine rings is 1. The van der Waals surface area contributed by atoms with E-state index in [1.54, 1.807) is 4.52 Å². The van der Waals surface area contributed by atoms with Crippen LogP contribution in [0.15, 0.2) is 54.9 Å². The Morgan fingerprint density at radius 3 is 2.79 bits per heavy atom. The van der Waals surface area contributed by atoms with Crippen molar-refractivity contribution in [2.75, 3.05) is 25.0 Å². The molecule has 0 bridgehead atoms. The van der Waals surface area contributed by atoms with Gasteiger partial charge in [0.05, 0.1) is 17.4 Å². The lowest BCUT2D eigenvalue weighted by molar-refractivity contribution is 0.0696. The molecule has 2 atom stereocenters. The van der Waals surface area contributed by atoms with Gasteiger partial charge in [-0.15, -0.1) is 0 Å². The van der Waals surface area contributed by atoms with Gasteiger partial charge in [0.25, 0.3) is 0 Å². The number of likely N-dealkylation sites (N-methyl/N-ethyl adjacent to an activating group) is 1. The van der Waals surface area contributed by atoms with E-state index in [9.17, 15) is 9.90 Å². The van der Waals surface area contributed by atoms with E-state index in [1.165, 1.54) is 11.8 Å². The number of carboxylic acids is 1. The zero-order chi connectivity index (χ0) is 19.7. The molecule has 0 saturated carbocycles. The average Bonchev–Trinajstić information content (AvgIpc) is 3.17. The van der Waals surface area contributed by atoms with E-state index in [2.05, 4.69) is 46.1 Å². The minimum atomic E-state index is -0.942. The Morgan fingerprint density at radius 1 is 1.25 bits per heavy atom. The van der Waals surface area contributed by atoms with Gasteiger partial charge in [-0.3, -0.25) is 4.90 Å². The fourth-order valence-electron chi connectivity index (χ4n) is 4.28. The van der Waals surface area contributed by atoms with Crippen LogP contribution < -0.4 is 4.90 Å². The molecule has 4 rings (SSSR count). The van der Waals surface area contributed by atoms with Crippen LogP contribution >= 0.6 is 0 Å². The van der Waals surface area contributed by atoms with E-state index >= 15 is 0 Å². The van der Waals surface area contributed by atoms with Crippen molar-refractivity contribution in [1.82, 2.24) is 14.5 Å². The average molecular weight is 378 g/mol. The Bertz CT molecular complexity index is 969. The van der Waals surface area contributed by atoms with Crippen molar-refractivity contribution in [1.29, 1.82) is 0 Å². The van der Waals surface area contributed by atoms with Gasteiger partial charge in [-0.2, -0.15) is 5.10 Å². The third-order valence-corrected chi connectivity index (χ3v) is 5.87. The highest BCUT2D eigenvalue weighted by Gasteiger charge is 2.32. The standard InChI is InChI=1S/C22H26N4O2/c1-16-10-12-25(14-17-7-4-3-5-8-17)15-20(16)24(2)21-18(22(27)28)13-23-26-11-6-9-19(21)26/h3-9,11,13,16,20H,10,12,14-15H2,1-2H3,(H,27,28). The smallest absolute Gasteiger partial charge is 0.339 e. The Kier molecular flexibility index (Phi) is 5.05. The number of fused-ring (bicyclic) bond motifs is 1. The summed E-state index contributed by atoms with van der Waals surface area (Å²) >= 11 is 0. The molecule has 6 heteroatoms. The molecule has 0 aliphatic carbocycles. The molecule has 0 spiro atoms. The van der Waals surface area contributed by atoms with Crippen molar-refractivity contribution in [2.24, 2.45) is 5.92 Å². The highest BCUT2D eigenvalue weighted by molar-refractivity contribution is 5.98. The molecule has 146 valence electrons. The Morgan fingerprint density at radius 2 is 2.04 bits per heavy atom. The number of likely N-dealkylation sites (tertiary alicyclic amines) is 1. The molecule has 2 unspecified atom stereocenters. The summed E-state index contributed by atoms with van der Waals surface area (Å²) in [5.74, 6) is -0.468. The second kappa shape index (κ2) is 7.64. The first kappa shape index (κ1) is 18.5. The Hall–Kier alpha value is -2.86. The molecule has 3 heterocycles. The number of carboxylic acid groups (broad SMARTS) is 1. The third kappa shape index (κ3) is 3.47. The largest absolute Gasteiger partial charge is 0.478 e. The van der Waals surface area contributed by atoms with Crippen molar-refractivity contribution < 1.29 is 9.90 Å². The van der Waals surface area contributed by atoms with Crippen LogP contribution in [-0.4, -0.2) is 51.8 Å². The number of hydrogen-bond donors (Lipinski definition) is 1. The van der Waals surface area contributed by atoms with E-state index in [4.69, 9.17) is 0 Å². The Balaban J connectivity index is 1.64. The van der Waals surface area contributed by atoms with Crippen LogP contribution in [0.1, 0.15) is 29.3 Å². The first-order chi connectivity index (χ1) is 13.5. The molecule has 1 saturated heterocycles. The molecule has 0 amide bonds. The van der Waals surface area contributed by atoms with Crippen LogP contribution in [0.3, 0.4) is 0 Å². The van der Waals surface area contributed by atoms with E-state index in [-0.39, 0.29) is 11.6 Å². The van der Waals surface area contributed by atoms with Gasteiger partial charge in [-0.1, -0.05) is 37.3 Å². The van der Waals surface area contributed by atoms with Gasteiger partial charge in [-0.05, 0) is 36.6 Å². The Labute approximate surface area is 165 Å². The van der Waals surface area contributed by atoms with Crippen molar-refractivity contribution >= 4 is 17.2 Å². The number of aromatic carboxylic acids is 1. The number of carbonyl (C=O) groups is 1. The fraction of sp³-hybridized carbons (Fsp3) is 0.364. The van der Waals surface area contributed by atoms with Crippen LogP contribution in [0.2, 0.25) is 0 Å². The third-order valence-electron chi connectivity index (χ3n) is 5.87. The van der Waals surface area contributed by atoms with E-state index < -0.39 is 5.97 Å². The van der Waals surface area contributed by atoms with E-state index in [0.717, 1.165) is 37.3 Å². The zero-order valence-electron chi connectivity index (χ0n) is 16.3. The highest BCUT2D eigenvalue weighted by atomic mass is 16.4. The lowest BCUT2D eigenvalue weighted by Crippen LogP contribution is -2.51. The molecule has 6 nitrogen and oxygen atoms in total. The van der Waals surface area contributed by atoms with E-state index in [0.29, 0.717) is 5.92 Å². The molecule has 1 fully saturated rings. The quantitative estimate of drug-likeness (QED) is 0.738. The predicted octanol–water partition coefficient (Wildman–Crippen LogP) is 3.38. The SMILES string of the molecule is CC1CCN(Cc2ccccc2)CC1N(C)c1c(C(=O)O)cnn2cccc12. The second-order valence-electron chi connectivity index (χ2n) is 7.71. The maximum atomic E-state index is 11.9. The van der Waals surface area contributed by atoms with Gasteiger partial charge in [0.1, 0.15) is 5.56 Å². The number of aromatic nitrogens is 2. The zero-order valence-corrected chi connectivity index (χ0v) is 16.3. The topological polar surface area (TPSA) is 61.1 Å². The molecule has 1 aliphatic rings. The summed E-state index contributed by atoms with van der Waals surface area (Å²) in [5.41, 5.74) is 3.13. The van der Waals surface area contributed by atoms with Gasteiger partial charge >= 0.3 is 5.97 Å². The van der Waals surface area contributed by atoms with Crippen molar-refractivity contribution in [3.8, 4) is 0 Å². The summed E-state index contributed by atoms with van der Waals surface area (Å²) in [6.07, 6.45) is 4.40. The van der Waals surface area contributed by atoms with Gasteiger partial charge in [0.15, 0.2) is 0 Å². The normalized spacial score (nSPS) is 20.4. The minimum Gasteiger partial charge on any atom is -0.478 e. The maximum absolute atomic E-state index is 11.9. The van der Waals surface area contributed by atoms with Gasteiger partial charge in [0.2, 0.25) is 0 Å². The van der Waals surface area contributed by atoms with Crippen LogP contribution in [0.5, 0.6) is 0 Å². The summed E-state index contributed by atoms with van der Waals surface area (Å²) in [7, 11) is 2.02. The molecule has 1 N–H and O–H groups in total. The molecule has 28 heavy (non-hydrogen) atoms. The number of rotatable bonds is 5. The first-order valence-corrected chi connectivity index (χ1v) is 9.73. The van der Waals surface area contributed by atoms with Crippen LogP contribution in [0.4, 0.5) is 5.69 Å².